The van der Waals surface area contributed by atoms with Crippen molar-refractivity contribution in [3.8, 4) is 23.0 Å². The van der Waals surface area contributed by atoms with E-state index in [9.17, 15) is 4.79 Å². The summed E-state index contributed by atoms with van der Waals surface area (Å²) in [5.74, 6) is 1.79. The van der Waals surface area contributed by atoms with Gasteiger partial charge in [0.2, 0.25) is 5.82 Å². The molecule has 0 N–H and O–H groups in total. The van der Waals surface area contributed by atoms with Crippen LogP contribution in [0.5, 0.6) is 0 Å². The first kappa shape index (κ1) is 13.7. The molecule has 0 radical (unpaired) electrons. The predicted octanol–water partition coefficient (Wildman–Crippen LogP) is 3.16. The quantitative estimate of drug-likeness (QED) is 0.732. The van der Waals surface area contributed by atoms with Crippen molar-refractivity contribution in [2.24, 2.45) is 0 Å². The van der Waals surface area contributed by atoms with Gasteiger partial charge in [0.15, 0.2) is 12.1 Å². The Kier molecular flexibility index (Phi) is 2.95. The van der Waals surface area contributed by atoms with Crippen LogP contribution in [-0.2, 0) is 0 Å². The largest absolute Gasteiger partial charge is 0.447 e. The highest BCUT2D eigenvalue weighted by molar-refractivity contribution is 5.58. The molecule has 5 rings (SSSR count). The summed E-state index contributed by atoms with van der Waals surface area (Å²) in [6.45, 7) is 0. The fourth-order valence-corrected chi connectivity index (χ4v) is 3.13. The summed E-state index contributed by atoms with van der Waals surface area (Å²) in [5, 5.41) is 3.99. The Hall–Kier alpha value is -2.70. The molecule has 0 unspecified atom stereocenters. The van der Waals surface area contributed by atoms with E-state index in [1.54, 1.807) is 10.6 Å². The van der Waals surface area contributed by atoms with Crippen molar-refractivity contribution in [3.05, 3.63) is 40.8 Å². The van der Waals surface area contributed by atoms with Crippen molar-refractivity contribution in [1.82, 2.24) is 19.7 Å². The molecule has 0 atom stereocenters. The molecule has 0 spiro atoms. The first-order chi connectivity index (χ1) is 11.8. The van der Waals surface area contributed by atoms with Gasteiger partial charge in [0, 0.05) is 18.2 Å². The topological polar surface area (TPSA) is 86.9 Å². The molecule has 2 aliphatic carbocycles. The summed E-state index contributed by atoms with van der Waals surface area (Å²) >= 11 is 0. The highest BCUT2D eigenvalue weighted by atomic mass is 16.5. The third-order valence-electron chi connectivity index (χ3n) is 4.86. The molecule has 3 aromatic heterocycles. The third kappa shape index (κ3) is 2.11. The standard InChI is InChI=1S/C17H16N4O3/c22-17-12(5-2-8-21(17)11-6-7-11)15-19-16(24-20-15)13-14(23-9-18-13)10-3-1-4-10/h2,5,8-11H,1,3-4,6-7H2. The Morgan fingerprint density at radius 2 is 2.08 bits per heavy atom. The lowest BCUT2D eigenvalue weighted by Crippen LogP contribution is -2.20. The van der Waals surface area contributed by atoms with E-state index in [-0.39, 0.29) is 5.56 Å². The van der Waals surface area contributed by atoms with Crippen LogP contribution < -0.4 is 5.56 Å². The number of rotatable bonds is 4. The second kappa shape index (κ2) is 5.15. The van der Waals surface area contributed by atoms with Crippen LogP contribution in [0.1, 0.15) is 49.8 Å². The van der Waals surface area contributed by atoms with Crippen LogP contribution in [0, 0.1) is 0 Å². The van der Waals surface area contributed by atoms with Crippen molar-refractivity contribution in [2.45, 2.75) is 44.1 Å². The Morgan fingerprint density at radius 1 is 1.21 bits per heavy atom. The predicted molar refractivity (Wildman–Crippen MR) is 84.4 cm³/mol. The highest BCUT2D eigenvalue weighted by Crippen LogP contribution is 2.40. The van der Waals surface area contributed by atoms with Crippen LogP contribution in [0.15, 0.2) is 38.5 Å². The van der Waals surface area contributed by atoms with Gasteiger partial charge in [0.05, 0.1) is 5.56 Å². The zero-order valence-corrected chi connectivity index (χ0v) is 13.0. The van der Waals surface area contributed by atoms with Crippen molar-refractivity contribution in [2.75, 3.05) is 0 Å². The third-order valence-corrected chi connectivity index (χ3v) is 4.86. The second-order valence-corrected chi connectivity index (χ2v) is 6.48. The summed E-state index contributed by atoms with van der Waals surface area (Å²) in [5.41, 5.74) is 0.969. The van der Waals surface area contributed by atoms with E-state index >= 15 is 0 Å². The smallest absolute Gasteiger partial charge is 0.280 e. The van der Waals surface area contributed by atoms with E-state index in [2.05, 4.69) is 15.1 Å². The van der Waals surface area contributed by atoms with Crippen LogP contribution in [0.3, 0.4) is 0 Å². The van der Waals surface area contributed by atoms with Gasteiger partial charge in [-0.15, -0.1) is 0 Å². The van der Waals surface area contributed by atoms with Crippen molar-refractivity contribution in [1.29, 1.82) is 0 Å². The van der Waals surface area contributed by atoms with Crippen molar-refractivity contribution >= 4 is 0 Å². The van der Waals surface area contributed by atoms with E-state index in [1.165, 1.54) is 12.8 Å². The number of aromatic nitrogens is 4. The van der Waals surface area contributed by atoms with Gasteiger partial charge in [-0.25, -0.2) is 4.98 Å². The van der Waals surface area contributed by atoms with Gasteiger partial charge in [-0.3, -0.25) is 4.79 Å². The van der Waals surface area contributed by atoms with Gasteiger partial charge in [0.25, 0.3) is 11.4 Å². The minimum absolute atomic E-state index is 0.0771. The Morgan fingerprint density at radius 3 is 2.83 bits per heavy atom. The molecule has 3 aromatic rings. The van der Waals surface area contributed by atoms with Crippen LogP contribution in [0.25, 0.3) is 23.0 Å². The molecule has 7 heteroatoms. The maximum Gasteiger partial charge on any atom is 0.280 e. The minimum atomic E-state index is -0.0771. The van der Waals surface area contributed by atoms with E-state index in [0.717, 1.165) is 31.4 Å². The molecule has 2 saturated carbocycles. The molecule has 7 nitrogen and oxygen atoms in total. The van der Waals surface area contributed by atoms with E-state index in [1.807, 2.05) is 12.3 Å². The van der Waals surface area contributed by atoms with E-state index in [4.69, 9.17) is 8.94 Å². The van der Waals surface area contributed by atoms with Gasteiger partial charge in [-0.2, -0.15) is 4.98 Å². The number of hydrogen-bond donors (Lipinski definition) is 0. The molecular weight excluding hydrogens is 308 g/mol. The SMILES string of the molecule is O=c1c(-c2noc(-c3ncoc3C3CCC3)n2)cccn1C1CC1. The molecule has 24 heavy (non-hydrogen) atoms. The second-order valence-electron chi connectivity index (χ2n) is 6.48. The Bertz CT molecular complexity index is 947. The molecule has 0 amide bonds. The normalized spacial score (nSPS) is 17.8. The fraction of sp³-hybridized carbons (Fsp3) is 0.412. The summed E-state index contributed by atoms with van der Waals surface area (Å²) in [7, 11) is 0. The number of hydrogen-bond acceptors (Lipinski definition) is 6. The summed E-state index contributed by atoms with van der Waals surface area (Å²) in [4.78, 5) is 21.2. The van der Waals surface area contributed by atoms with Gasteiger partial charge >= 0.3 is 0 Å². The Labute approximate surface area is 137 Å². The highest BCUT2D eigenvalue weighted by Gasteiger charge is 2.30. The zero-order valence-electron chi connectivity index (χ0n) is 13.0. The lowest BCUT2D eigenvalue weighted by molar-refractivity contribution is 0.345. The maximum absolute atomic E-state index is 12.6. The molecule has 0 bridgehead atoms. The number of nitrogens with zero attached hydrogens (tertiary/aromatic N) is 4. The number of oxazole rings is 1. The van der Waals surface area contributed by atoms with Gasteiger partial charge in [0.1, 0.15) is 5.76 Å². The molecule has 0 saturated heterocycles. The van der Waals surface area contributed by atoms with Gasteiger partial charge in [-0.1, -0.05) is 11.6 Å². The maximum atomic E-state index is 12.6. The molecule has 122 valence electrons. The lowest BCUT2D eigenvalue weighted by Gasteiger charge is -2.22. The van der Waals surface area contributed by atoms with E-state index < -0.39 is 0 Å². The monoisotopic (exact) mass is 324 g/mol. The summed E-state index contributed by atoms with van der Waals surface area (Å²) in [6, 6.07) is 3.89. The molecule has 3 heterocycles. The van der Waals surface area contributed by atoms with Crippen LogP contribution in [0.2, 0.25) is 0 Å². The Balaban J connectivity index is 1.53. The average Bonchev–Trinajstić information content (AvgIpc) is 3.07. The molecule has 2 aliphatic rings. The first-order valence-electron chi connectivity index (χ1n) is 8.30. The molecule has 0 aliphatic heterocycles. The van der Waals surface area contributed by atoms with Gasteiger partial charge in [-0.05, 0) is 37.8 Å². The number of pyridine rings is 1. The fourth-order valence-electron chi connectivity index (χ4n) is 3.13. The minimum Gasteiger partial charge on any atom is -0.447 e. The van der Waals surface area contributed by atoms with E-state index in [0.29, 0.717) is 34.9 Å². The van der Waals surface area contributed by atoms with Crippen molar-refractivity contribution < 1.29 is 8.94 Å². The van der Waals surface area contributed by atoms with Crippen LogP contribution in [0.4, 0.5) is 0 Å². The zero-order chi connectivity index (χ0) is 16.1. The first-order valence-corrected chi connectivity index (χ1v) is 8.30. The summed E-state index contributed by atoms with van der Waals surface area (Å²) < 4.78 is 12.6. The van der Waals surface area contributed by atoms with Crippen LogP contribution >= 0.6 is 0 Å². The molecular formula is C17H16N4O3. The molecule has 0 aromatic carbocycles. The van der Waals surface area contributed by atoms with Crippen LogP contribution in [-0.4, -0.2) is 19.7 Å². The molecule has 2 fully saturated rings. The van der Waals surface area contributed by atoms with Crippen molar-refractivity contribution in [3.63, 3.8) is 0 Å². The lowest BCUT2D eigenvalue weighted by atomic mass is 9.83. The summed E-state index contributed by atoms with van der Waals surface area (Å²) in [6.07, 6.45) is 8.70. The average molecular weight is 324 g/mol. The van der Waals surface area contributed by atoms with Gasteiger partial charge < -0.3 is 13.5 Å².